The van der Waals surface area contributed by atoms with Crippen LogP contribution in [0.25, 0.3) is 0 Å². The molecule has 0 unspecified atom stereocenters. The van der Waals surface area contributed by atoms with E-state index >= 15 is 0 Å². The molecule has 156 valence electrons. The SMILES string of the molecule is Cc1ccccc1C[NH+]1CCN(C(=O)C[NH2+][C@H](c2ccccc2)c2cccs2)CC1. The van der Waals surface area contributed by atoms with E-state index in [0.717, 1.165) is 32.7 Å². The van der Waals surface area contributed by atoms with Crippen LogP contribution in [0.3, 0.4) is 0 Å². The van der Waals surface area contributed by atoms with Crippen molar-refractivity contribution in [3.8, 4) is 0 Å². The summed E-state index contributed by atoms with van der Waals surface area (Å²) >= 11 is 1.76. The number of nitrogens with two attached hydrogens (primary N) is 1. The van der Waals surface area contributed by atoms with Gasteiger partial charge in [-0.25, -0.2) is 0 Å². The Balaban J connectivity index is 1.30. The fraction of sp³-hybridized carbons (Fsp3) is 0.320. The van der Waals surface area contributed by atoms with Gasteiger partial charge < -0.3 is 15.1 Å². The number of thiophene rings is 1. The molecule has 0 saturated carbocycles. The fourth-order valence-electron chi connectivity index (χ4n) is 4.22. The zero-order valence-corrected chi connectivity index (χ0v) is 18.4. The van der Waals surface area contributed by atoms with Crippen molar-refractivity contribution < 1.29 is 15.0 Å². The van der Waals surface area contributed by atoms with Crippen molar-refractivity contribution in [1.29, 1.82) is 0 Å². The van der Waals surface area contributed by atoms with Crippen molar-refractivity contribution in [2.75, 3.05) is 32.7 Å². The molecule has 0 radical (unpaired) electrons. The maximum absolute atomic E-state index is 12.9. The van der Waals surface area contributed by atoms with E-state index < -0.39 is 0 Å². The van der Waals surface area contributed by atoms with E-state index in [1.54, 1.807) is 16.2 Å². The first-order valence-electron chi connectivity index (χ1n) is 10.8. The lowest BCUT2D eigenvalue weighted by molar-refractivity contribution is -0.917. The Hall–Kier alpha value is -2.47. The van der Waals surface area contributed by atoms with Crippen LogP contribution in [-0.2, 0) is 11.3 Å². The molecule has 4 nitrogen and oxygen atoms in total. The largest absolute Gasteiger partial charge is 0.328 e. The molecule has 1 aliphatic heterocycles. The van der Waals surface area contributed by atoms with Gasteiger partial charge in [-0.05, 0) is 23.9 Å². The van der Waals surface area contributed by atoms with Crippen molar-refractivity contribution >= 4 is 17.2 Å². The molecule has 0 aliphatic carbocycles. The molecule has 0 bridgehead atoms. The molecule has 0 spiro atoms. The minimum Gasteiger partial charge on any atom is -0.328 e. The van der Waals surface area contributed by atoms with Gasteiger partial charge in [0.25, 0.3) is 5.91 Å². The predicted octanol–water partition coefficient (Wildman–Crippen LogP) is 1.64. The Morgan fingerprint density at radius 3 is 2.47 bits per heavy atom. The molecule has 1 saturated heterocycles. The lowest BCUT2D eigenvalue weighted by Gasteiger charge is -2.32. The minimum absolute atomic E-state index is 0.183. The molecule has 1 aliphatic rings. The quantitative estimate of drug-likeness (QED) is 0.598. The number of amides is 1. The molecule has 1 atom stereocenters. The third-order valence-corrected chi connectivity index (χ3v) is 7.02. The summed E-state index contributed by atoms with van der Waals surface area (Å²) in [6, 6.07) is 23.5. The summed E-state index contributed by atoms with van der Waals surface area (Å²) in [4.78, 5) is 17.8. The summed E-state index contributed by atoms with van der Waals surface area (Å²) < 4.78 is 0. The summed E-state index contributed by atoms with van der Waals surface area (Å²) in [5, 5.41) is 4.30. The lowest BCUT2D eigenvalue weighted by Crippen LogP contribution is -3.13. The van der Waals surface area contributed by atoms with Gasteiger partial charge in [-0.1, -0.05) is 60.7 Å². The molecule has 4 rings (SSSR count). The predicted molar refractivity (Wildman–Crippen MR) is 122 cm³/mol. The molecular weight excluding hydrogens is 390 g/mol. The van der Waals surface area contributed by atoms with Crippen LogP contribution in [0.15, 0.2) is 72.1 Å². The Kier molecular flexibility index (Phi) is 6.95. The Bertz CT molecular complexity index is 934. The van der Waals surface area contributed by atoms with Crippen LogP contribution in [0.2, 0.25) is 0 Å². The highest BCUT2D eigenvalue weighted by molar-refractivity contribution is 7.10. The van der Waals surface area contributed by atoms with Crippen LogP contribution < -0.4 is 10.2 Å². The lowest BCUT2D eigenvalue weighted by atomic mass is 10.1. The number of aryl methyl sites for hydroxylation is 1. The van der Waals surface area contributed by atoms with E-state index in [1.165, 1.54) is 21.6 Å². The standard InChI is InChI=1S/C25H29N3OS/c1-20-8-5-6-11-22(20)19-27-13-15-28(16-14-27)24(29)18-26-25(23-12-7-17-30-23)21-9-3-2-4-10-21/h2-12,17,25-26H,13-16,18-19H2,1H3/p+2/t25-/m1/s1. The normalized spacial score (nSPS) is 15.8. The number of hydrogen-bond donors (Lipinski definition) is 2. The van der Waals surface area contributed by atoms with E-state index in [9.17, 15) is 4.79 Å². The van der Waals surface area contributed by atoms with Crippen LogP contribution in [0.4, 0.5) is 0 Å². The number of quaternary nitrogens is 2. The molecule has 1 amide bonds. The second kappa shape index (κ2) is 10.0. The Morgan fingerprint density at radius 1 is 1.03 bits per heavy atom. The summed E-state index contributed by atoms with van der Waals surface area (Å²) in [6.45, 7) is 7.47. The topological polar surface area (TPSA) is 41.4 Å². The number of benzene rings is 2. The first-order chi connectivity index (χ1) is 14.7. The molecule has 1 fully saturated rings. The summed E-state index contributed by atoms with van der Waals surface area (Å²) in [5.74, 6) is 0.252. The van der Waals surface area contributed by atoms with Gasteiger partial charge in [0.1, 0.15) is 12.6 Å². The number of rotatable bonds is 7. The maximum Gasteiger partial charge on any atom is 0.278 e. The van der Waals surface area contributed by atoms with E-state index in [2.05, 4.69) is 78.3 Å². The number of piperazine rings is 1. The van der Waals surface area contributed by atoms with Gasteiger partial charge in [0, 0.05) is 11.1 Å². The van der Waals surface area contributed by atoms with E-state index in [4.69, 9.17) is 0 Å². The average molecular weight is 422 g/mol. The van der Waals surface area contributed by atoms with E-state index in [0.29, 0.717) is 6.54 Å². The van der Waals surface area contributed by atoms with Gasteiger partial charge in [-0.15, -0.1) is 11.3 Å². The molecular formula is C25H31N3OS+2. The molecule has 3 aromatic rings. The Labute approximate surface area is 183 Å². The number of hydrogen-bond acceptors (Lipinski definition) is 2. The highest BCUT2D eigenvalue weighted by Gasteiger charge is 2.26. The van der Waals surface area contributed by atoms with E-state index in [-0.39, 0.29) is 11.9 Å². The molecule has 3 N–H and O–H groups in total. The van der Waals surface area contributed by atoms with Gasteiger partial charge in [0.2, 0.25) is 0 Å². The second-order valence-corrected chi connectivity index (χ2v) is 9.06. The fourth-order valence-corrected chi connectivity index (χ4v) is 5.07. The second-order valence-electron chi connectivity index (χ2n) is 8.08. The van der Waals surface area contributed by atoms with Crippen LogP contribution in [0.5, 0.6) is 0 Å². The first kappa shape index (κ1) is 20.8. The molecule has 30 heavy (non-hydrogen) atoms. The van der Waals surface area contributed by atoms with E-state index in [1.807, 2.05) is 11.0 Å². The maximum atomic E-state index is 12.9. The number of nitrogens with one attached hydrogen (secondary N) is 1. The molecule has 1 aromatic heterocycles. The first-order valence-corrected chi connectivity index (χ1v) is 11.7. The van der Waals surface area contributed by atoms with Gasteiger partial charge in [-0.3, -0.25) is 4.79 Å². The highest BCUT2D eigenvalue weighted by Crippen LogP contribution is 2.22. The Morgan fingerprint density at radius 2 is 1.77 bits per heavy atom. The van der Waals surface area contributed by atoms with Crippen LogP contribution >= 0.6 is 11.3 Å². The van der Waals surface area contributed by atoms with Crippen molar-refractivity contribution in [3.63, 3.8) is 0 Å². The summed E-state index contributed by atoms with van der Waals surface area (Å²) in [6.07, 6.45) is 0. The summed E-state index contributed by atoms with van der Waals surface area (Å²) in [5.41, 5.74) is 4.03. The highest BCUT2D eigenvalue weighted by atomic mass is 32.1. The van der Waals surface area contributed by atoms with Gasteiger partial charge in [0.15, 0.2) is 6.54 Å². The minimum atomic E-state index is 0.183. The van der Waals surface area contributed by atoms with Gasteiger partial charge >= 0.3 is 0 Å². The molecule has 2 heterocycles. The van der Waals surface area contributed by atoms with Crippen LogP contribution in [0, 0.1) is 6.92 Å². The van der Waals surface area contributed by atoms with Gasteiger partial charge in [0.05, 0.1) is 31.1 Å². The van der Waals surface area contributed by atoms with Crippen molar-refractivity contribution in [2.24, 2.45) is 0 Å². The zero-order chi connectivity index (χ0) is 20.8. The molecule has 5 heteroatoms. The monoisotopic (exact) mass is 421 g/mol. The number of nitrogens with zero attached hydrogens (tertiary/aromatic N) is 1. The van der Waals surface area contributed by atoms with Crippen molar-refractivity contribution in [2.45, 2.75) is 19.5 Å². The summed E-state index contributed by atoms with van der Waals surface area (Å²) in [7, 11) is 0. The average Bonchev–Trinajstić information content (AvgIpc) is 3.31. The van der Waals surface area contributed by atoms with Gasteiger partial charge in [-0.2, -0.15) is 0 Å². The molecule has 2 aromatic carbocycles. The van der Waals surface area contributed by atoms with Crippen LogP contribution in [0.1, 0.15) is 27.6 Å². The number of carbonyl (C=O) groups is 1. The number of carbonyl (C=O) groups excluding carboxylic acids is 1. The third-order valence-electron chi connectivity index (χ3n) is 6.06. The van der Waals surface area contributed by atoms with Crippen LogP contribution in [-0.4, -0.2) is 43.5 Å². The third kappa shape index (κ3) is 5.17. The van der Waals surface area contributed by atoms with Crippen molar-refractivity contribution in [3.05, 3.63) is 93.7 Å². The smallest absolute Gasteiger partial charge is 0.278 e. The zero-order valence-electron chi connectivity index (χ0n) is 17.6. The van der Waals surface area contributed by atoms with Crippen molar-refractivity contribution in [1.82, 2.24) is 4.90 Å².